The van der Waals surface area contributed by atoms with Gasteiger partial charge in [0.05, 0.1) is 17.2 Å². The second-order valence-corrected chi connectivity index (χ2v) is 7.88. The van der Waals surface area contributed by atoms with Gasteiger partial charge in [-0.3, -0.25) is 4.79 Å². The van der Waals surface area contributed by atoms with Crippen molar-refractivity contribution < 1.29 is 22.7 Å². The van der Waals surface area contributed by atoms with E-state index in [1.807, 2.05) is 19.9 Å². The number of carbonyl (C=O) groups excluding carboxylic acids is 1. The van der Waals surface area contributed by atoms with Crippen molar-refractivity contribution in [1.29, 1.82) is 0 Å². The summed E-state index contributed by atoms with van der Waals surface area (Å²) in [7, 11) is -3.57. The van der Waals surface area contributed by atoms with Crippen molar-refractivity contribution in [2.24, 2.45) is 0 Å². The Morgan fingerprint density at radius 3 is 2.36 bits per heavy atom. The zero-order valence-electron chi connectivity index (χ0n) is 16.3. The van der Waals surface area contributed by atoms with E-state index in [2.05, 4.69) is 10.0 Å². The lowest BCUT2D eigenvalue weighted by Crippen LogP contribution is -2.31. The molecule has 0 aliphatic rings. The number of benzene rings is 2. The van der Waals surface area contributed by atoms with E-state index in [1.165, 1.54) is 24.3 Å². The Hall–Kier alpha value is -2.58. The molecule has 0 spiro atoms. The molecular formula is C20H26N2O5S. The molecule has 0 saturated heterocycles. The van der Waals surface area contributed by atoms with Crippen LogP contribution < -0.4 is 19.5 Å². The third kappa shape index (κ3) is 6.24. The van der Waals surface area contributed by atoms with Crippen LogP contribution in [0.1, 0.15) is 27.2 Å². The molecule has 1 atom stereocenters. The first-order valence-corrected chi connectivity index (χ1v) is 10.6. The number of para-hydroxylation sites is 2. The molecule has 1 amide bonds. The summed E-state index contributed by atoms with van der Waals surface area (Å²) in [5, 5.41) is 2.73. The van der Waals surface area contributed by atoms with Crippen LogP contribution >= 0.6 is 0 Å². The monoisotopic (exact) mass is 406 g/mol. The van der Waals surface area contributed by atoms with E-state index in [1.54, 1.807) is 25.1 Å². The minimum atomic E-state index is -3.57. The van der Waals surface area contributed by atoms with Gasteiger partial charge in [-0.05, 0) is 56.7 Å². The molecule has 0 bridgehead atoms. The Morgan fingerprint density at radius 1 is 1.04 bits per heavy atom. The highest BCUT2D eigenvalue weighted by Crippen LogP contribution is 2.23. The molecule has 2 aromatic rings. The van der Waals surface area contributed by atoms with Crippen LogP contribution in [0, 0.1) is 0 Å². The van der Waals surface area contributed by atoms with Gasteiger partial charge in [0.15, 0.2) is 6.61 Å². The van der Waals surface area contributed by atoms with Crippen molar-refractivity contribution >= 4 is 21.6 Å². The van der Waals surface area contributed by atoms with Crippen molar-refractivity contribution in [2.45, 2.75) is 38.1 Å². The molecule has 0 aliphatic heterocycles. The smallest absolute Gasteiger partial charge is 0.262 e. The first-order chi connectivity index (χ1) is 13.4. The van der Waals surface area contributed by atoms with Crippen LogP contribution in [0.25, 0.3) is 0 Å². The fourth-order valence-electron chi connectivity index (χ4n) is 2.32. The molecule has 0 heterocycles. The van der Waals surface area contributed by atoms with Crippen molar-refractivity contribution in [2.75, 3.05) is 18.5 Å². The summed E-state index contributed by atoms with van der Waals surface area (Å²) < 4.78 is 38.0. The van der Waals surface area contributed by atoms with E-state index in [4.69, 9.17) is 9.47 Å². The van der Waals surface area contributed by atoms with Crippen molar-refractivity contribution in [1.82, 2.24) is 4.72 Å². The molecular weight excluding hydrogens is 380 g/mol. The van der Waals surface area contributed by atoms with Gasteiger partial charge in [0.2, 0.25) is 10.0 Å². The van der Waals surface area contributed by atoms with Gasteiger partial charge in [0.25, 0.3) is 5.91 Å². The molecule has 0 radical (unpaired) electrons. The standard InChI is InChI=1S/C20H26N2O5S/c1-4-15(3)22-28(24,25)17-12-10-16(11-13-17)27-14-20(23)21-18-8-6-7-9-19(18)26-5-2/h6-13,15,22H,4-5,14H2,1-3H3,(H,21,23)/t15-/m1/s1. The maximum Gasteiger partial charge on any atom is 0.262 e. The summed E-state index contributed by atoms with van der Waals surface area (Å²) >= 11 is 0. The number of nitrogens with one attached hydrogen (secondary N) is 2. The average molecular weight is 407 g/mol. The van der Waals surface area contributed by atoms with Crippen molar-refractivity contribution in [3.8, 4) is 11.5 Å². The molecule has 28 heavy (non-hydrogen) atoms. The highest BCUT2D eigenvalue weighted by atomic mass is 32.2. The van der Waals surface area contributed by atoms with Crippen LogP contribution in [0.15, 0.2) is 53.4 Å². The van der Waals surface area contributed by atoms with Gasteiger partial charge in [0, 0.05) is 6.04 Å². The molecule has 2 aromatic carbocycles. The lowest BCUT2D eigenvalue weighted by molar-refractivity contribution is -0.118. The summed E-state index contributed by atoms with van der Waals surface area (Å²) in [6.45, 7) is 5.85. The van der Waals surface area contributed by atoms with Gasteiger partial charge in [0.1, 0.15) is 11.5 Å². The number of anilines is 1. The molecule has 0 saturated carbocycles. The van der Waals surface area contributed by atoms with Crippen LogP contribution in [-0.4, -0.2) is 33.6 Å². The molecule has 2 rings (SSSR count). The number of carbonyl (C=O) groups is 1. The first-order valence-electron chi connectivity index (χ1n) is 9.12. The Labute approximate surface area is 166 Å². The second-order valence-electron chi connectivity index (χ2n) is 6.17. The maximum absolute atomic E-state index is 12.2. The predicted octanol–water partition coefficient (Wildman–Crippen LogP) is 3.18. The zero-order chi connectivity index (χ0) is 20.6. The Morgan fingerprint density at radius 2 is 1.71 bits per heavy atom. The van der Waals surface area contributed by atoms with Gasteiger partial charge in [-0.1, -0.05) is 19.1 Å². The minimum absolute atomic E-state index is 0.148. The number of hydrogen-bond acceptors (Lipinski definition) is 5. The molecule has 8 heteroatoms. The maximum atomic E-state index is 12.2. The van der Waals surface area contributed by atoms with Crippen LogP contribution in [0.3, 0.4) is 0 Å². The fraction of sp³-hybridized carbons (Fsp3) is 0.350. The van der Waals surface area contributed by atoms with E-state index in [-0.39, 0.29) is 23.5 Å². The largest absolute Gasteiger partial charge is 0.492 e. The van der Waals surface area contributed by atoms with E-state index >= 15 is 0 Å². The van der Waals surface area contributed by atoms with E-state index < -0.39 is 10.0 Å². The number of ether oxygens (including phenoxy) is 2. The zero-order valence-corrected chi connectivity index (χ0v) is 17.1. The van der Waals surface area contributed by atoms with Crippen LogP contribution in [0.2, 0.25) is 0 Å². The minimum Gasteiger partial charge on any atom is -0.492 e. The molecule has 0 fully saturated rings. The molecule has 152 valence electrons. The molecule has 2 N–H and O–H groups in total. The number of amides is 1. The quantitative estimate of drug-likeness (QED) is 0.632. The first kappa shape index (κ1) is 21.7. The summed E-state index contributed by atoms with van der Waals surface area (Å²) in [6, 6.07) is 12.9. The van der Waals surface area contributed by atoms with Gasteiger partial charge in [-0.2, -0.15) is 0 Å². The fourth-order valence-corrected chi connectivity index (χ4v) is 3.64. The number of sulfonamides is 1. The van der Waals surface area contributed by atoms with Crippen molar-refractivity contribution in [3.63, 3.8) is 0 Å². The normalized spacial score (nSPS) is 12.2. The third-order valence-electron chi connectivity index (χ3n) is 3.93. The molecule has 0 aromatic heterocycles. The Balaban J connectivity index is 1.94. The van der Waals surface area contributed by atoms with Gasteiger partial charge >= 0.3 is 0 Å². The number of hydrogen-bond donors (Lipinski definition) is 2. The third-order valence-corrected chi connectivity index (χ3v) is 5.54. The molecule has 0 unspecified atom stereocenters. The molecule has 0 aliphatic carbocycles. The second kappa shape index (κ2) is 10.1. The highest BCUT2D eigenvalue weighted by Gasteiger charge is 2.16. The highest BCUT2D eigenvalue weighted by molar-refractivity contribution is 7.89. The average Bonchev–Trinajstić information content (AvgIpc) is 2.68. The van der Waals surface area contributed by atoms with Gasteiger partial charge in [-0.15, -0.1) is 0 Å². The molecule has 7 nitrogen and oxygen atoms in total. The Bertz CT molecular complexity index is 882. The summed E-state index contributed by atoms with van der Waals surface area (Å²) in [5.74, 6) is 0.639. The van der Waals surface area contributed by atoms with E-state index in [0.717, 1.165) is 0 Å². The summed E-state index contributed by atoms with van der Waals surface area (Å²) in [4.78, 5) is 12.3. The lowest BCUT2D eigenvalue weighted by atomic mass is 10.3. The predicted molar refractivity (Wildman–Crippen MR) is 108 cm³/mol. The van der Waals surface area contributed by atoms with Gasteiger partial charge < -0.3 is 14.8 Å². The Kier molecular flexibility index (Phi) is 7.83. The lowest BCUT2D eigenvalue weighted by Gasteiger charge is -2.13. The number of rotatable bonds is 10. The topological polar surface area (TPSA) is 93.7 Å². The SMILES string of the molecule is CCOc1ccccc1NC(=O)COc1ccc(S(=O)(=O)N[C@H](C)CC)cc1. The van der Waals surface area contributed by atoms with Crippen LogP contribution in [0.5, 0.6) is 11.5 Å². The van der Waals surface area contributed by atoms with E-state index in [0.29, 0.717) is 30.2 Å². The van der Waals surface area contributed by atoms with Crippen molar-refractivity contribution in [3.05, 3.63) is 48.5 Å². The van der Waals surface area contributed by atoms with Crippen LogP contribution in [0.4, 0.5) is 5.69 Å². The van der Waals surface area contributed by atoms with Gasteiger partial charge in [-0.25, -0.2) is 13.1 Å². The summed E-state index contributed by atoms with van der Waals surface area (Å²) in [6.07, 6.45) is 0.696. The summed E-state index contributed by atoms with van der Waals surface area (Å²) in [5.41, 5.74) is 0.565. The van der Waals surface area contributed by atoms with E-state index in [9.17, 15) is 13.2 Å². The van der Waals surface area contributed by atoms with Crippen LogP contribution in [-0.2, 0) is 14.8 Å².